The van der Waals surface area contributed by atoms with Crippen molar-refractivity contribution in [3.8, 4) is 0 Å². The fourth-order valence-corrected chi connectivity index (χ4v) is 7.61. The molecule has 0 aromatic carbocycles. The second kappa shape index (κ2) is 9.61. The van der Waals surface area contributed by atoms with Crippen molar-refractivity contribution in [3.63, 3.8) is 0 Å². The monoisotopic (exact) mass is 272 g/mol. The second-order valence-corrected chi connectivity index (χ2v) is 12.0. The van der Waals surface area contributed by atoms with E-state index in [2.05, 4.69) is 34.6 Å². The van der Waals surface area contributed by atoms with Crippen molar-refractivity contribution in [1.29, 1.82) is 0 Å². The molecule has 0 amide bonds. The SMILES string of the molecule is CC(C)CCCCCC[CH2][Al]([O][SiH3])[C](C)(C)C. The Balaban J connectivity index is 3.44. The van der Waals surface area contributed by atoms with Crippen LogP contribution in [0.1, 0.15) is 73.1 Å². The van der Waals surface area contributed by atoms with E-state index in [9.17, 15) is 0 Å². The molecule has 0 unspecified atom stereocenters. The van der Waals surface area contributed by atoms with Gasteiger partial charge in [-0.15, -0.1) is 0 Å². The van der Waals surface area contributed by atoms with Crippen molar-refractivity contribution < 1.29 is 3.48 Å². The highest BCUT2D eigenvalue weighted by atomic mass is 28.2. The maximum absolute atomic E-state index is 5.85. The minimum atomic E-state index is -0.915. The zero-order valence-corrected chi connectivity index (χ0v) is 16.2. The van der Waals surface area contributed by atoms with Crippen LogP contribution in [0.2, 0.25) is 9.56 Å². The van der Waals surface area contributed by atoms with Crippen LogP contribution in [0.4, 0.5) is 0 Å². The van der Waals surface area contributed by atoms with Gasteiger partial charge in [-0.2, -0.15) is 0 Å². The van der Waals surface area contributed by atoms with Crippen LogP contribution in [0.15, 0.2) is 0 Å². The van der Waals surface area contributed by atoms with E-state index in [0.717, 1.165) is 16.4 Å². The molecule has 0 bridgehead atoms. The van der Waals surface area contributed by atoms with Crippen LogP contribution in [-0.4, -0.2) is 25.0 Å². The first kappa shape index (κ1) is 17.7. The number of rotatable bonds is 9. The van der Waals surface area contributed by atoms with Gasteiger partial charge in [0.2, 0.25) is 0 Å². The standard InChI is InChI=1S/C10H21.C4H9.Al.H3OSi/c1-4-5-6-7-8-9-10(2)3;1-4(2)3;;1-2/h10H,1,4-9H2,2-3H3;1-3H3;;2H3/q;;+1;-1. The zero-order valence-electron chi connectivity index (χ0n) is 13.0. The summed E-state index contributed by atoms with van der Waals surface area (Å²) in [6, 6.07) is 0. The Labute approximate surface area is 117 Å². The average molecular weight is 272 g/mol. The van der Waals surface area contributed by atoms with Crippen LogP contribution < -0.4 is 0 Å². The van der Waals surface area contributed by atoms with E-state index < -0.39 is 14.5 Å². The summed E-state index contributed by atoms with van der Waals surface area (Å²) in [5, 5.41) is 1.39. The van der Waals surface area contributed by atoms with Gasteiger partial charge in [0.25, 0.3) is 0 Å². The summed E-state index contributed by atoms with van der Waals surface area (Å²) in [6.07, 6.45) is 8.51. The normalized spacial score (nSPS) is 12.4. The van der Waals surface area contributed by atoms with Gasteiger partial charge in [0.05, 0.1) is 0 Å². The van der Waals surface area contributed by atoms with E-state index in [4.69, 9.17) is 3.48 Å². The van der Waals surface area contributed by atoms with Crippen LogP contribution in [0.5, 0.6) is 0 Å². The number of hydrogen-bond donors (Lipinski definition) is 0. The van der Waals surface area contributed by atoms with E-state index >= 15 is 0 Å². The molecule has 0 N–H and O–H groups in total. The molecule has 0 spiro atoms. The van der Waals surface area contributed by atoms with E-state index in [1.54, 1.807) is 0 Å². The van der Waals surface area contributed by atoms with Gasteiger partial charge in [0, 0.05) is 0 Å². The molecular weight excluding hydrogens is 239 g/mol. The molecule has 17 heavy (non-hydrogen) atoms. The van der Waals surface area contributed by atoms with E-state index in [1.807, 2.05) is 0 Å². The van der Waals surface area contributed by atoms with Crippen molar-refractivity contribution in [3.05, 3.63) is 0 Å². The van der Waals surface area contributed by atoms with E-state index in [-0.39, 0.29) is 0 Å². The lowest BCUT2D eigenvalue weighted by atomic mass is 10.0. The largest absolute Gasteiger partial charge is 0.552 e. The van der Waals surface area contributed by atoms with Crippen LogP contribution in [0, 0.1) is 5.92 Å². The fraction of sp³-hybridized carbons (Fsp3) is 1.00. The number of hydrogen-bond acceptors (Lipinski definition) is 1. The maximum Gasteiger partial charge on any atom is 0.455 e. The van der Waals surface area contributed by atoms with Gasteiger partial charge in [-0.25, -0.2) is 0 Å². The molecule has 0 saturated carbocycles. The van der Waals surface area contributed by atoms with Crippen molar-refractivity contribution in [2.24, 2.45) is 5.92 Å². The van der Waals surface area contributed by atoms with Gasteiger partial charge in [-0.3, -0.25) is 0 Å². The van der Waals surface area contributed by atoms with Gasteiger partial charge in [0.15, 0.2) is 0 Å². The molecule has 1 nitrogen and oxygen atoms in total. The third-order valence-corrected chi connectivity index (χ3v) is 8.64. The lowest BCUT2D eigenvalue weighted by Gasteiger charge is -2.24. The van der Waals surface area contributed by atoms with Gasteiger partial charge in [0.1, 0.15) is 10.5 Å². The third kappa shape index (κ3) is 10.3. The molecule has 0 fully saturated rings. The van der Waals surface area contributed by atoms with Gasteiger partial charge < -0.3 is 3.48 Å². The summed E-state index contributed by atoms with van der Waals surface area (Å²) < 4.78 is 6.31. The molecule has 0 heterocycles. The minimum absolute atomic E-state index is 0.458. The summed E-state index contributed by atoms with van der Waals surface area (Å²) in [7, 11) is 0.933. The van der Waals surface area contributed by atoms with Gasteiger partial charge >= 0.3 is 14.5 Å². The summed E-state index contributed by atoms with van der Waals surface area (Å²) in [4.78, 5) is 0. The zero-order chi connectivity index (χ0) is 13.3. The molecule has 0 atom stereocenters. The van der Waals surface area contributed by atoms with Crippen molar-refractivity contribution >= 4 is 25.0 Å². The molecule has 3 heteroatoms. The van der Waals surface area contributed by atoms with Crippen LogP contribution in [0.3, 0.4) is 0 Å². The molecule has 0 aliphatic carbocycles. The predicted molar refractivity (Wildman–Crippen MR) is 83.8 cm³/mol. The minimum Gasteiger partial charge on any atom is -0.552 e. The Hall–Kier alpha value is 0.709. The summed E-state index contributed by atoms with van der Waals surface area (Å²) >= 11 is -0.915. The smallest absolute Gasteiger partial charge is 0.455 e. The van der Waals surface area contributed by atoms with Gasteiger partial charge in [-0.05, 0) is 5.92 Å². The summed E-state index contributed by atoms with van der Waals surface area (Å²) in [5.74, 6) is 0.881. The summed E-state index contributed by atoms with van der Waals surface area (Å²) in [5.41, 5.74) is 0. The molecule has 0 aliphatic heterocycles. The first-order valence-electron chi connectivity index (χ1n) is 7.40. The van der Waals surface area contributed by atoms with Crippen molar-refractivity contribution in [2.45, 2.75) is 82.7 Å². The lowest BCUT2D eigenvalue weighted by molar-refractivity contribution is 0.511. The quantitative estimate of drug-likeness (QED) is 0.454. The highest BCUT2D eigenvalue weighted by Gasteiger charge is 2.32. The molecule has 0 aromatic rings. The van der Waals surface area contributed by atoms with Crippen LogP contribution in [0.25, 0.3) is 0 Å². The first-order valence-corrected chi connectivity index (χ1v) is 10.1. The molecule has 102 valence electrons. The molecule has 0 radical (unpaired) electrons. The van der Waals surface area contributed by atoms with Crippen LogP contribution >= 0.6 is 0 Å². The van der Waals surface area contributed by atoms with Crippen molar-refractivity contribution in [2.75, 3.05) is 0 Å². The molecule has 0 aliphatic rings. The Kier molecular flexibility index (Phi) is 10.0. The molecule has 0 saturated heterocycles. The molecular formula is C14H33AlOSi. The summed E-state index contributed by atoms with van der Waals surface area (Å²) in [6.45, 7) is 11.7. The fourth-order valence-electron chi connectivity index (χ4n) is 2.32. The Bertz CT molecular complexity index is 178. The van der Waals surface area contributed by atoms with E-state index in [0.29, 0.717) is 4.28 Å². The predicted octanol–water partition coefficient (Wildman–Crippen LogP) is 4.07. The molecule has 0 aromatic heterocycles. The lowest BCUT2D eigenvalue weighted by Crippen LogP contribution is -2.28. The second-order valence-electron chi connectivity index (χ2n) is 6.83. The van der Waals surface area contributed by atoms with Crippen LogP contribution in [-0.2, 0) is 3.48 Å². The Morgan fingerprint density at radius 2 is 1.53 bits per heavy atom. The van der Waals surface area contributed by atoms with E-state index in [1.165, 1.54) is 43.8 Å². The highest BCUT2D eigenvalue weighted by Crippen LogP contribution is 2.30. The average Bonchev–Trinajstić information content (AvgIpc) is 2.19. The Morgan fingerprint density at radius 3 is 2.00 bits per heavy atom. The van der Waals surface area contributed by atoms with Gasteiger partial charge in [-0.1, -0.05) is 82.7 Å². The molecule has 0 rings (SSSR count). The highest BCUT2D eigenvalue weighted by molar-refractivity contribution is 6.58. The third-order valence-electron chi connectivity index (χ3n) is 3.50. The Morgan fingerprint density at radius 1 is 1.00 bits per heavy atom. The maximum atomic E-state index is 5.85. The number of unbranched alkanes of at least 4 members (excludes halogenated alkanes) is 4. The first-order chi connectivity index (χ1) is 7.88. The topological polar surface area (TPSA) is 9.23 Å². The van der Waals surface area contributed by atoms with Crippen molar-refractivity contribution in [1.82, 2.24) is 0 Å².